The Balaban J connectivity index is 1.36. The number of hydrogen-bond acceptors (Lipinski definition) is 6. The van der Waals surface area contributed by atoms with E-state index in [2.05, 4.69) is 50.2 Å². The first kappa shape index (κ1) is 29.5. The minimum atomic E-state index is -0.705. The molecule has 4 aromatic rings. The van der Waals surface area contributed by atoms with Crippen molar-refractivity contribution in [1.82, 2.24) is 9.97 Å². The number of imidazole rings is 1. The molecular formula is C30H32CoN6O4. The molecule has 0 radical (unpaired) electrons. The second-order valence-corrected chi connectivity index (χ2v) is 11.0. The number of carbonyl (C=O) groups excluding carboxylic acids is 3. The number of H-pyrrole nitrogens is 2. The molecule has 0 bridgehead atoms. The van der Waals surface area contributed by atoms with Crippen LogP contribution < -0.4 is 21.7 Å². The molecule has 5 N–H and O–H groups in total. The molecule has 215 valence electrons. The number of rotatable bonds is 12. The van der Waals surface area contributed by atoms with Gasteiger partial charge in [0.1, 0.15) is 0 Å². The molecule has 2 amide bonds. The third-order valence-electron chi connectivity index (χ3n) is 6.13. The molecule has 1 aromatic heterocycles. The molecule has 0 aliphatic carbocycles. The average Bonchev–Trinajstić information content (AvgIpc) is 3.33. The van der Waals surface area contributed by atoms with Crippen LogP contribution in [-0.4, -0.2) is 33.3 Å². The fourth-order valence-corrected chi connectivity index (χ4v) is 5.58. The maximum atomic E-state index is 12.9. The Labute approximate surface area is 243 Å². The summed E-state index contributed by atoms with van der Waals surface area (Å²) in [6.45, 7) is 5.29. The summed E-state index contributed by atoms with van der Waals surface area (Å²) < 4.78 is 0. The van der Waals surface area contributed by atoms with Gasteiger partial charge < -0.3 is 9.97 Å². The molecule has 0 aliphatic heterocycles. The van der Waals surface area contributed by atoms with Crippen molar-refractivity contribution in [3.63, 3.8) is 0 Å². The predicted octanol–water partition coefficient (Wildman–Crippen LogP) is 5.08. The van der Waals surface area contributed by atoms with Crippen LogP contribution in [0.25, 0.3) is 11.0 Å². The Morgan fingerprint density at radius 2 is 1.59 bits per heavy atom. The number of anilines is 3. The number of carbonyl (C=O) groups is 3. The zero-order valence-corrected chi connectivity index (χ0v) is 24.0. The van der Waals surface area contributed by atoms with Crippen LogP contribution in [0.4, 0.5) is 17.1 Å². The standard InChI is InChI=1S/C21H21N6O4.C9H11.Co/c1-11(2)19(29)22-13-5-4-6-14(9-13)23-20(30)18(12(3)28)27-26-15-7-8-16-17(10-15)25-21(31)24-16;1-2-6-9-7-4-3-5-8-9;/h4-11,26H,1H2,2-3H3,(H,22,29)(H,23,30)(H2,24,25,31);3-8H,2H2,1H3;/b27-18-;;. The molecule has 0 spiro atoms. The van der Waals surface area contributed by atoms with Crippen molar-refractivity contribution in [2.24, 2.45) is 11.0 Å². The molecule has 0 saturated heterocycles. The van der Waals surface area contributed by atoms with Crippen LogP contribution in [0.5, 0.6) is 0 Å². The minimum absolute atomic E-state index is 0.112. The molecule has 1 heterocycles. The van der Waals surface area contributed by atoms with Crippen LogP contribution in [0.1, 0.15) is 37.6 Å². The van der Waals surface area contributed by atoms with Gasteiger partial charge in [0.15, 0.2) is 0 Å². The van der Waals surface area contributed by atoms with Crippen molar-refractivity contribution in [2.45, 2.75) is 37.4 Å². The molecule has 10 nitrogen and oxygen atoms in total. The van der Waals surface area contributed by atoms with E-state index in [1.165, 1.54) is 27.2 Å². The SMILES string of the molecule is CC[CH]([Co][CH2]C(C)C(=O)Nc1cccc(NC(=O)/C(=N\Nc2ccc3[nH]c(=O)[nH]c3c2)C(C)=O)c1)c1ccccc1. The number of Topliss-reactive ketones (excluding diaryl/α,β-unsaturated/α-hetero) is 1. The summed E-state index contributed by atoms with van der Waals surface area (Å²) in [6.07, 6.45) is 0.990. The maximum absolute atomic E-state index is 12.9. The Morgan fingerprint density at radius 1 is 0.878 bits per heavy atom. The summed E-state index contributed by atoms with van der Waals surface area (Å²) in [5.41, 5.74) is 5.86. The van der Waals surface area contributed by atoms with E-state index >= 15 is 0 Å². The number of hydrazone groups is 1. The summed E-state index contributed by atoms with van der Waals surface area (Å²) in [6, 6.07) is 22.0. The van der Waals surface area contributed by atoms with E-state index in [-0.39, 0.29) is 23.2 Å². The number of benzene rings is 3. The quantitative estimate of drug-likeness (QED) is 0.0875. The normalized spacial score (nSPS) is 13.0. The van der Waals surface area contributed by atoms with Gasteiger partial charge in [0.25, 0.3) is 0 Å². The van der Waals surface area contributed by atoms with E-state index in [0.717, 1.165) is 6.42 Å². The number of nitrogens with zero attached hydrogens (tertiary/aromatic N) is 1. The summed E-state index contributed by atoms with van der Waals surface area (Å²) in [5, 5.41) is 10.3. The number of ketones is 1. The summed E-state index contributed by atoms with van der Waals surface area (Å²) in [4.78, 5) is 55.1. The Kier molecular flexibility index (Phi) is 9.88. The van der Waals surface area contributed by atoms with Crippen LogP contribution in [0, 0.1) is 5.92 Å². The monoisotopic (exact) mass is 599 g/mol. The van der Waals surface area contributed by atoms with Gasteiger partial charge in [-0.1, -0.05) is 0 Å². The first-order valence-electron chi connectivity index (χ1n) is 13.1. The van der Waals surface area contributed by atoms with Gasteiger partial charge in [-0.15, -0.1) is 0 Å². The van der Waals surface area contributed by atoms with E-state index in [1.54, 1.807) is 42.5 Å². The summed E-state index contributed by atoms with van der Waals surface area (Å²) in [5.74, 6) is -1.57. The van der Waals surface area contributed by atoms with E-state index < -0.39 is 11.7 Å². The molecule has 41 heavy (non-hydrogen) atoms. The van der Waals surface area contributed by atoms with Gasteiger partial charge in [-0.3, -0.25) is 0 Å². The number of amides is 2. The van der Waals surface area contributed by atoms with E-state index in [0.29, 0.717) is 38.3 Å². The van der Waals surface area contributed by atoms with E-state index in [9.17, 15) is 19.2 Å². The number of nitrogens with one attached hydrogen (secondary N) is 5. The average molecular weight is 600 g/mol. The Morgan fingerprint density at radius 3 is 2.29 bits per heavy atom. The second kappa shape index (κ2) is 13.7. The first-order chi connectivity index (χ1) is 19.7. The Hall–Kier alpha value is -4.48. The summed E-state index contributed by atoms with van der Waals surface area (Å²) in [7, 11) is 0. The van der Waals surface area contributed by atoms with Crippen LogP contribution in [0.3, 0.4) is 0 Å². The van der Waals surface area contributed by atoms with E-state index in [4.69, 9.17) is 0 Å². The molecule has 2 unspecified atom stereocenters. The molecule has 2 atom stereocenters. The van der Waals surface area contributed by atoms with Crippen molar-refractivity contribution in [1.29, 1.82) is 0 Å². The van der Waals surface area contributed by atoms with E-state index in [1.807, 2.05) is 25.1 Å². The Bertz CT molecular complexity index is 1630. The number of fused-ring (bicyclic) bond motifs is 1. The van der Waals surface area contributed by atoms with Gasteiger partial charge in [0, 0.05) is 0 Å². The number of aromatic amines is 2. The van der Waals surface area contributed by atoms with Crippen molar-refractivity contribution in [3.8, 4) is 0 Å². The van der Waals surface area contributed by atoms with Crippen molar-refractivity contribution in [3.05, 3.63) is 88.8 Å². The fourth-order valence-electron chi connectivity index (χ4n) is 3.98. The molecule has 11 heteroatoms. The van der Waals surface area contributed by atoms with Gasteiger partial charge in [-0.05, 0) is 18.2 Å². The fraction of sp³-hybridized carbons (Fsp3) is 0.233. The van der Waals surface area contributed by atoms with Crippen molar-refractivity contribution >= 4 is 51.4 Å². The van der Waals surface area contributed by atoms with Crippen LogP contribution in [-0.2, 0) is 29.1 Å². The van der Waals surface area contributed by atoms with Crippen LogP contribution in [0.15, 0.2) is 82.7 Å². The topological polar surface area (TPSA) is 148 Å². The molecule has 3 aromatic carbocycles. The first-order valence-corrected chi connectivity index (χ1v) is 14.4. The van der Waals surface area contributed by atoms with Crippen molar-refractivity contribution < 1.29 is 29.1 Å². The number of hydrogen-bond donors (Lipinski definition) is 5. The molecule has 4 rings (SSSR count). The summed E-state index contributed by atoms with van der Waals surface area (Å²) >= 11 is 1.23. The van der Waals surface area contributed by atoms with Gasteiger partial charge >= 0.3 is 194 Å². The predicted molar refractivity (Wildman–Crippen MR) is 158 cm³/mol. The zero-order valence-electron chi connectivity index (χ0n) is 22.9. The van der Waals surface area contributed by atoms with Gasteiger partial charge in [0.2, 0.25) is 0 Å². The molecule has 0 aliphatic rings. The third-order valence-corrected chi connectivity index (χ3v) is 8.30. The third kappa shape index (κ3) is 8.02. The molecular weight excluding hydrogens is 567 g/mol. The zero-order chi connectivity index (χ0) is 29.4. The van der Waals surface area contributed by atoms with Crippen LogP contribution >= 0.6 is 0 Å². The van der Waals surface area contributed by atoms with Crippen molar-refractivity contribution in [2.75, 3.05) is 16.1 Å². The van der Waals surface area contributed by atoms with Gasteiger partial charge in [-0.25, -0.2) is 4.79 Å². The van der Waals surface area contributed by atoms with Gasteiger partial charge in [0.05, 0.1) is 16.7 Å². The van der Waals surface area contributed by atoms with Crippen LogP contribution in [0.2, 0.25) is 5.36 Å². The molecule has 0 fully saturated rings. The second-order valence-electron chi connectivity index (χ2n) is 9.42. The number of aromatic nitrogens is 2. The molecule has 0 saturated carbocycles. The van der Waals surface area contributed by atoms with Gasteiger partial charge in [-0.2, -0.15) is 0 Å².